The van der Waals surface area contributed by atoms with Crippen LogP contribution in [0.25, 0.3) is 0 Å². The Labute approximate surface area is 154 Å². The maximum atomic E-state index is 2.55. The van der Waals surface area contributed by atoms with Gasteiger partial charge in [0.1, 0.15) is 8.07 Å². The minimum Gasteiger partial charge on any atom is -0.0804 e. The summed E-state index contributed by atoms with van der Waals surface area (Å²) in [5, 5.41) is 4.72. The van der Waals surface area contributed by atoms with Crippen LogP contribution in [0, 0.1) is 27.7 Å². The largest absolute Gasteiger partial charge is 0.145 e. The normalized spacial score (nSPS) is 14.5. The van der Waals surface area contributed by atoms with E-state index in [1.807, 2.05) is 0 Å². The maximum Gasteiger partial charge on any atom is 0.145 e. The summed E-state index contributed by atoms with van der Waals surface area (Å²) in [6.45, 7) is 13.8. The second-order valence-electron chi connectivity index (χ2n) is 7.81. The molecule has 1 aliphatic carbocycles. The number of aryl methyl sites for hydroxylation is 4. The molecule has 0 bridgehead atoms. The van der Waals surface area contributed by atoms with Gasteiger partial charge >= 0.3 is 0 Å². The number of benzene rings is 2. The van der Waals surface area contributed by atoms with Crippen LogP contribution in [0.2, 0.25) is 6.55 Å². The molecule has 0 N–H and O–H groups in total. The van der Waals surface area contributed by atoms with E-state index in [0.717, 1.165) is 12.8 Å². The van der Waals surface area contributed by atoms with Gasteiger partial charge in [-0.3, -0.25) is 0 Å². The second kappa shape index (κ2) is 6.80. The first-order valence-electron chi connectivity index (χ1n) is 9.42. The van der Waals surface area contributed by atoms with Gasteiger partial charge in [0, 0.05) is 0 Å². The Balaban J connectivity index is 2.30. The summed E-state index contributed by atoms with van der Waals surface area (Å²) < 4.78 is 0. The van der Waals surface area contributed by atoms with Gasteiger partial charge in [-0.25, -0.2) is 0 Å². The fourth-order valence-electron chi connectivity index (χ4n) is 4.42. The number of rotatable bonds is 4. The zero-order chi connectivity index (χ0) is 18.2. The van der Waals surface area contributed by atoms with Crippen molar-refractivity contribution in [2.24, 2.45) is 0 Å². The SMILES string of the molecule is CCC1=CCC=C1[Si](C)(c1cc(C)cc(C)c1)c1cc(C)cc(C)c1. The monoisotopic (exact) mass is 346 g/mol. The lowest BCUT2D eigenvalue weighted by atomic mass is 10.1. The summed E-state index contributed by atoms with van der Waals surface area (Å²) in [7, 11) is -1.99. The molecule has 0 atom stereocenters. The highest BCUT2D eigenvalue weighted by Crippen LogP contribution is 2.31. The van der Waals surface area contributed by atoms with E-state index in [1.165, 1.54) is 22.3 Å². The molecule has 0 nitrogen and oxygen atoms in total. The second-order valence-corrected chi connectivity index (χ2v) is 11.8. The van der Waals surface area contributed by atoms with Crippen molar-refractivity contribution in [2.45, 2.75) is 54.0 Å². The first-order chi connectivity index (χ1) is 11.8. The van der Waals surface area contributed by atoms with Crippen LogP contribution < -0.4 is 10.4 Å². The highest BCUT2D eigenvalue weighted by molar-refractivity contribution is 7.07. The van der Waals surface area contributed by atoms with Crippen molar-refractivity contribution in [1.29, 1.82) is 0 Å². The van der Waals surface area contributed by atoms with Gasteiger partial charge in [0.05, 0.1) is 0 Å². The third kappa shape index (κ3) is 3.30. The molecule has 0 saturated carbocycles. The average molecular weight is 347 g/mol. The molecule has 0 unspecified atom stereocenters. The molecule has 130 valence electrons. The van der Waals surface area contributed by atoms with Crippen LogP contribution >= 0.6 is 0 Å². The molecule has 0 radical (unpaired) electrons. The van der Waals surface area contributed by atoms with Crippen LogP contribution in [0.1, 0.15) is 42.0 Å². The van der Waals surface area contributed by atoms with Crippen LogP contribution in [-0.4, -0.2) is 8.07 Å². The summed E-state index contributed by atoms with van der Waals surface area (Å²) in [5.74, 6) is 0. The molecule has 2 aromatic carbocycles. The van der Waals surface area contributed by atoms with Crippen molar-refractivity contribution in [3.05, 3.63) is 81.6 Å². The van der Waals surface area contributed by atoms with Crippen LogP contribution in [-0.2, 0) is 0 Å². The van der Waals surface area contributed by atoms with Crippen molar-refractivity contribution >= 4 is 18.4 Å². The smallest absolute Gasteiger partial charge is 0.0804 e. The summed E-state index contributed by atoms with van der Waals surface area (Å²) in [6.07, 6.45) is 7.16. The molecule has 25 heavy (non-hydrogen) atoms. The van der Waals surface area contributed by atoms with Gasteiger partial charge in [-0.2, -0.15) is 0 Å². The molecular weight excluding hydrogens is 316 g/mol. The third-order valence-corrected chi connectivity index (χ3v) is 10.0. The van der Waals surface area contributed by atoms with Gasteiger partial charge in [0.25, 0.3) is 0 Å². The summed E-state index contributed by atoms with van der Waals surface area (Å²) >= 11 is 0. The zero-order valence-corrected chi connectivity index (χ0v) is 17.5. The van der Waals surface area contributed by atoms with E-state index in [9.17, 15) is 0 Å². The Bertz CT molecular complexity index is 776. The minimum atomic E-state index is -1.99. The molecule has 0 heterocycles. The molecule has 0 aromatic heterocycles. The highest BCUT2D eigenvalue weighted by atomic mass is 28.3. The Kier molecular flexibility index (Phi) is 4.88. The number of hydrogen-bond acceptors (Lipinski definition) is 0. The van der Waals surface area contributed by atoms with Crippen LogP contribution in [0.5, 0.6) is 0 Å². The molecule has 1 aliphatic rings. The summed E-state index contributed by atoms with van der Waals surface area (Å²) in [4.78, 5) is 0. The van der Waals surface area contributed by atoms with Gasteiger partial charge in [-0.1, -0.05) is 95.0 Å². The summed E-state index contributed by atoms with van der Waals surface area (Å²) in [5.41, 5.74) is 7.06. The van der Waals surface area contributed by atoms with Crippen molar-refractivity contribution in [3.8, 4) is 0 Å². The molecular formula is C24H30Si. The summed E-state index contributed by atoms with van der Waals surface area (Å²) in [6, 6.07) is 14.3. The zero-order valence-electron chi connectivity index (χ0n) is 16.5. The van der Waals surface area contributed by atoms with Gasteiger partial charge < -0.3 is 0 Å². The van der Waals surface area contributed by atoms with Crippen molar-refractivity contribution in [3.63, 3.8) is 0 Å². The Morgan fingerprint density at radius 1 is 0.720 bits per heavy atom. The quantitative estimate of drug-likeness (QED) is 0.657. The molecule has 0 fully saturated rings. The van der Waals surface area contributed by atoms with Gasteiger partial charge in [0.2, 0.25) is 0 Å². The van der Waals surface area contributed by atoms with E-state index in [1.54, 1.807) is 21.1 Å². The van der Waals surface area contributed by atoms with Gasteiger partial charge in [0.15, 0.2) is 0 Å². The molecule has 0 amide bonds. The molecule has 1 heteroatoms. The predicted octanol–water partition coefficient (Wildman–Crippen LogP) is 5.32. The molecule has 3 rings (SSSR count). The lowest BCUT2D eigenvalue weighted by Gasteiger charge is -2.33. The van der Waals surface area contributed by atoms with Crippen LogP contribution in [0.15, 0.2) is 59.3 Å². The van der Waals surface area contributed by atoms with E-state index in [0.29, 0.717) is 0 Å². The average Bonchev–Trinajstić information content (AvgIpc) is 3.01. The van der Waals surface area contributed by atoms with Crippen LogP contribution in [0.3, 0.4) is 0 Å². The number of allylic oxidation sites excluding steroid dienone is 4. The molecule has 0 saturated heterocycles. The Morgan fingerprint density at radius 3 is 1.56 bits per heavy atom. The lowest BCUT2D eigenvalue weighted by Crippen LogP contribution is -2.58. The molecule has 2 aromatic rings. The minimum absolute atomic E-state index is 1.09. The fourth-order valence-corrected chi connectivity index (χ4v) is 8.89. The topological polar surface area (TPSA) is 0 Å². The van der Waals surface area contributed by atoms with Crippen molar-refractivity contribution in [2.75, 3.05) is 0 Å². The third-order valence-electron chi connectivity index (χ3n) is 5.55. The first-order valence-corrected chi connectivity index (χ1v) is 11.9. The van der Waals surface area contributed by atoms with E-state index < -0.39 is 8.07 Å². The van der Waals surface area contributed by atoms with Crippen LogP contribution in [0.4, 0.5) is 0 Å². The van der Waals surface area contributed by atoms with E-state index >= 15 is 0 Å². The van der Waals surface area contributed by atoms with Crippen molar-refractivity contribution < 1.29 is 0 Å². The lowest BCUT2D eigenvalue weighted by molar-refractivity contribution is 1.14. The standard InChI is InChI=1S/C24H30Si/c1-7-21-9-8-10-24(21)25(6,22-13-17(2)11-18(3)14-22)23-15-19(4)12-20(5)16-23/h9-16H,7-8H2,1-6H3. The van der Waals surface area contributed by atoms with Crippen molar-refractivity contribution in [1.82, 2.24) is 0 Å². The van der Waals surface area contributed by atoms with E-state index in [2.05, 4.69) is 89.7 Å². The first kappa shape index (κ1) is 17.9. The van der Waals surface area contributed by atoms with E-state index in [-0.39, 0.29) is 0 Å². The van der Waals surface area contributed by atoms with Gasteiger partial charge in [-0.05, 0) is 50.9 Å². The fraction of sp³-hybridized carbons (Fsp3) is 0.333. The Morgan fingerprint density at radius 2 is 1.16 bits per heavy atom. The molecule has 0 spiro atoms. The maximum absolute atomic E-state index is 2.55. The van der Waals surface area contributed by atoms with E-state index in [4.69, 9.17) is 0 Å². The highest BCUT2D eigenvalue weighted by Gasteiger charge is 2.38. The Hall–Kier alpha value is -1.86. The van der Waals surface area contributed by atoms with Gasteiger partial charge in [-0.15, -0.1) is 0 Å². The molecule has 0 aliphatic heterocycles. The number of hydrogen-bond donors (Lipinski definition) is 0. The predicted molar refractivity (Wildman–Crippen MR) is 114 cm³/mol.